The molecular weight excluding hydrogens is 302 g/mol. The Morgan fingerprint density at radius 2 is 1.92 bits per heavy atom. The van der Waals surface area contributed by atoms with Gasteiger partial charge in [0.2, 0.25) is 0 Å². The molecule has 0 aromatic heterocycles. The van der Waals surface area contributed by atoms with Gasteiger partial charge in [0.15, 0.2) is 0 Å². The van der Waals surface area contributed by atoms with Crippen molar-refractivity contribution in [2.45, 2.75) is 25.9 Å². The van der Waals surface area contributed by atoms with E-state index in [4.69, 9.17) is 4.74 Å². The minimum Gasteiger partial charge on any atom is -0.376 e. The van der Waals surface area contributed by atoms with Crippen molar-refractivity contribution in [3.63, 3.8) is 0 Å². The number of nitrogens with zero attached hydrogens (tertiary/aromatic N) is 3. The van der Waals surface area contributed by atoms with Gasteiger partial charge < -0.3 is 19.4 Å². The Morgan fingerprint density at radius 3 is 2.50 bits per heavy atom. The Hall–Kier alpha value is -1.59. The molecule has 0 bridgehead atoms. The molecule has 5 nitrogen and oxygen atoms in total. The lowest BCUT2D eigenvalue weighted by atomic mass is 10.1. The topological polar surface area (TPSA) is 36.0 Å². The van der Waals surface area contributed by atoms with Crippen molar-refractivity contribution in [2.24, 2.45) is 0 Å². The Morgan fingerprint density at radius 1 is 1.21 bits per heavy atom. The summed E-state index contributed by atoms with van der Waals surface area (Å²) in [6.07, 6.45) is 2.38. The first-order valence-electron chi connectivity index (χ1n) is 9.12. The molecule has 2 aliphatic rings. The lowest BCUT2D eigenvalue weighted by Crippen LogP contribution is -2.44. The van der Waals surface area contributed by atoms with Crippen molar-refractivity contribution in [1.82, 2.24) is 9.80 Å². The highest BCUT2D eigenvalue weighted by Crippen LogP contribution is 2.19. The van der Waals surface area contributed by atoms with Gasteiger partial charge in [-0.3, -0.25) is 4.79 Å². The SMILES string of the molecule is CCN(C[C@H]1CCCO1)C(=O)c1ccc(N2CCN(C)CC2)cc1. The van der Waals surface area contributed by atoms with Crippen LogP contribution in [-0.4, -0.2) is 74.7 Å². The minimum atomic E-state index is 0.109. The first kappa shape index (κ1) is 17.2. The maximum Gasteiger partial charge on any atom is 0.253 e. The molecule has 1 aromatic rings. The molecule has 5 heteroatoms. The molecule has 0 spiro atoms. The van der Waals surface area contributed by atoms with E-state index in [-0.39, 0.29) is 12.0 Å². The highest BCUT2D eigenvalue weighted by Gasteiger charge is 2.22. The second-order valence-corrected chi connectivity index (χ2v) is 6.82. The van der Waals surface area contributed by atoms with Gasteiger partial charge in [0.1, 0.15) is 0 Å². The molecule has 2 saturated heterocycles. The molecule has 0 saturated carbocycles. The molecule has 24 heavy (non-hydrogen) atoms. The summed E-state index contributed by atoms with van der Waals surface area (Å²) < 4.78 is 5.67. The van der Waals surface area contributed by atoms with Crippen LogP contribution in [0.4, 0.5) is 5.69 Å². The lowest BCUT2D eigenvalue weighted by Gasteiger charge is -2.34. The van der Waals surface area contributed by atoms with Gasteiger partial charge in [-0.05, 0) is 51.1 Å². The van der Waals surface area contributed by atoms with Gasteiger partial charge in [0.25, 0.3) is 5.91 Å². The standard InChI is InChI=1S/C19H29N3O2/c1-3-21(15-18-5-4-14-24-18)19(23)16-6-8-17(9-7-16)22-12-10-20(2)11-13-22/h6-9,18H,3-5,10-15H2,1-2H3/t18-/m1/s1. The molecule has 0 N–H and O–H groups in total. The average Bonchev–Trinajstić information content (AvgIpc) is 3.13. The van der Waals surface area contributed by atoms with Crippen LogP contribution in [0, 0.1) is 0 Å². The predicted octanol–water partition coefficient (Wildman–Crippen LogP) is 2.08. The van der Waals surface area contributed by atoms with Crippen LogP contribution in [0.25, 0.3) is 0 Å². The van der Waals surface area contributed by atoms with E-state index in [2.05, 4.69) is 29.0 Å². The zero-order valence-electron chi connectivity index (χ0n) is 14.9. The average molecular weight is 331 g/mol. The Labute approximate surface area is 145 Å². The number of anilines is 1. The normalized spacial score (nSPS) is 21.9. The van der Waals surface area contributed by atoms with Crippen molar-refractivity contribution in [3.8, 4) is 0 Å². The summed E-state index contributed by atoms with van der Waals surface area (Å²) in [5, 5.41) is 0. The second kappa shape index (κ2) is 7.99. The van der Waals surface area contributed by atoms with Gasteiger partial charge in [0.05, 0.1) is 6.10 Å². The van der Waals surface area contributed by atoms with E-state index in [1.807, 2.05) is 24.0 Å². The van der Waals surface area contributed by atoms with E-state index in [0.717, 1.165) is 57.7 Å². The molecule has 2 heterocycles. The largest absolute Gasteiger partial charge is 0.376 e. The van der Waals surface area contributed by atoms with E-state index in [1.165, 1.54) is 5.69 Å². The van der Waals surface area contributed by atoms with E-state index in [1.54, 1.807) is 0 Å². The summed E-state index contributed by atoms with van der Waals surface area (Å²) in [5.74, 6) is 0.109. The third-order valence-electron chi connectivity index (χ3n) is 5.10. The Kier molecular flexibility index (Phi) is 5.74. The molecule has 3 rings (SSSR count). The quantitative estimate of drug-likeness (QED) is 0.828. The number of hydrogen-bond donors (Lipinski definition) is 0. The van der Waals surface area contributed by atoms with Gasteiger partial charge in [-0.1, -0.05) is 0 Å². The summed E-state index contributed by atoms with van der Waals surface area (Å²) in [7, 11) is 2.16. The Bertz CT molecular complexity index is 532. The fourth-order valence-corrected chi connectivity index (χ4v) is 3.45. The molecule has 0 aliphatic carbocycles. The van der Waals surface area contributed by atoms with Crippen LogP contribution in [0.15, 0.2) is 24.3 Å². The molecule has 1 aromatic carbocycles. The number of likely N-dealkylation sites (N-methyl/N-ethyl adjacent to an activating group) is 2. The third-order valence-corrected chi connectivity index (χ3v) is 5.10. The zero-order chi connectivity index (χ0) is 16.9. The predicted molar refractivity (Wildman–Crippen MR) is 96.7 cm³/mol. The van der Waals surface area contributed by atoms with E-state index < -0.39 is 0 Å². The van der Waals surface area contributed by atoms with E-state index >= 15 is 0 Å². The molecule has 1 atom stereocenters. The monoisotopic (exact) mass is 331 g/mol. The van der Waals surface area contributed by atoms with Gasteiger partial charge in [-0.25, -0.2) is 0 Å². The summed E-state index contributed by atoms with van der Waals surface area (Å²) >= 11 is 0. The zero-order valence-corrected chi connectivity index (χ0v) is 14.9. The van der Waals surface area contributed by atoms with Gasteiger partial charge in [0, 0.05) is 57.1 Å². The minimum absolute atomic E-state index is 0.109. The lowest BCUT2D eigenvalue weighted by molar-refractivity contribution is 0.0539. The van der Waals surface area contributed by atoms with Crippen LogP contribution >= 0.6 is 0 Å². The molecule has 0 radical (unpaired) electrons. The number of amides is 1. The van der Waals surface area contributed by atoms with Crippen LogP contribution in [0.1, 0.15) is 30.1 Å². The first-order chi connectivity index (χ1) is 11.7. The van der Waals surface area contributed by atoms with Crippen LogP contribution < -0.4 is 4.90 Å². The Balaban J connectivity index is 1.61. The summed E-state index contributed by atoms with van der Waals surface area (Å²) in [6.45, 7) is 8.56. The molecule has 2 fully saturated rings. The second-order valence-electron chi connectivity index (χ2n) is 6.82. The van der Waals surface area contributed by atoms with Gasteiger partial charge in [-0.15, -0.1) is 0 Å². The number of hydrogen-bond acceptors (Lipinski definition) is 4. The van der Waals surface area contributed by atoms with Crippen molar-refractivity contribution < 1.29 is 9.53 Å². The maximum absolute atomic E-state index is 12.7. The number of carbonyl (C=O) groups excluding carboxylic acids is 1. The number of carbonyl (C=O) groups is 1. The van der Waals surface area contributed by atoms with Crippen LogP contribution in [0.5, 0.6) is 0 Å². The molecular formula is C19H29N3O2. The number of ether oxygens (including phenoxy) is 1. The summed E-state index contributed by atoms with van der Waals surface area (Å²) in [5.41, 5.74) is 1.98. The van der Waals surface area contributed by atoms with Crippen molar-refractivity contribution in [1.29, 1.82) is 0 Å². The summed E-state index contributed by atoms with van der Waals surface area (Å²) in [6, 6.07) is 8.10. The van der Waals surface area contributed by atoms with Gasteiger partial charge in [-0.2, -0.15) is 0 Å². The molecule has 132 valence electrons. The first-order valence-corrected chi connectivity index (χ1v) is 9.12. The molecule has 0 unspecified atom stereocenters. The fourth-order valence-electron chi connectivity index (χ4n) is 3.45. The molecule has 1 amide bonds. The fraction of sp³-hybridized carbons (Fsp3) is 0.632. The van der Waals surface area contributed by atoms with Crippen molar-refractivity contribution in [2.75, 3.05) is 57.8 Å². The highest BCUT2D eigenvalue weighted by molar-refractivity contribution is 5.94. The number of rotatable bonds is 5. The van der Waals surface area contributed by atoms with Gasteiger partial charge >= 0.3 is 0 Å². The van der Waals surface area contributed by atoms with Crippen LogP contribution in [0.2, 0.25) is 0 Å². The maximum atomic E-state index is 12.7. The van der Waals surface area contributed by atoms with Crippen molar-refractivity contribution in [3.05, 3.63) is 29.8 Å². The van der Waals surface area contributed by atoms with E-state index in [0.29, 0.717) is 6.54 Å². The third kappa shape index (κ3) is 4.08. The van der Waals surface area contributed by atoms with Crippen LogP contribution in [0.3, 0.4) is 0 Å². The highest BCUT2D eigenvalue weighted by atomic mass is 16.5. The van der Waals surface area contributed by atoms with Crippen LogP contribution in [-0.2, 0) is 4.74 Å². The molecule has 2 aliphatic heterocycles. The summed E-state index contributed by atoms with van der Waals surface area (Å²) in [4.78, 5) is 19.4. The number of benzene rings is 1. The smallest absolute Gasteiger partial charge is 0.253 e. The number of piperazine rings is 1. The van der Waals surface area contributed by atoms with Crippen molar-refractivity contribution >= 4 is 11.6 Å². The van der Waals surface area contributed by atoms with E-state index in [9.17, 15) is 4.79 Å².